The number of carbonyl (C=O) groups is 1. The van der Waals surface area contributed by atoms with Crippen LogP contribution in [0.3, 0.4) is 0 Å². The van der Waals surface area contributed by atoms with Crippen LogP contribution in [0.15, 0.2) is 0 Å². The first-order valence-electron chi connectivity index (χ1n) is 4.50. The maximum absolute atomic E-state index is 11.2. The van der Waals surface area contributed by atoms with Gasteiger partial charge in [-0.15, -0.1) is 0 Å². The molecule has 0 aliphatic carbocycles. The van der Waals surface area contributed by atoms with E-state index in [9.17, 15) is 4.79 Å². The fourth-order valence-corrected chi connectivity index (χ4v) is 2.10. The summed E-state index contributed by atoms with van der Waals surface area (Å²) in [6.45, 7) is 1.97. The molecule has 1 saturated heterocycles. The molecule has 0 bridgehead atoms. The summed E-state index contributed by atoms with van der Waals surface area (Å²) in [5.74, 6) is 0.221. The molecule has 1 heterocycles. The molecule has 0 saturated carbocycles. The monoisotopic (exact) mass is 282 g/mol. The maximum Gasteiger partial charge on any atom is 0.309 e. The molecule has 1 rings (SSSR count). The third-order valence-electron chi connectivity index (χ3n) is 2.20. The van der Waals surface area contributed by atoms with Gasteiger partial charge in [0, 0.05) is 0 Å². The van der Waals surface area contributed by atoms with Crippen molar-refractivity contribution in [3.63, 3.8) is 0 Å². The second kappa shape index (κ2) is 5.04. The molecular weight excluding hydrogens is 267 g/mol. The number of alkyl halides is 1. The predicted octanol–water partition coefficient (Wildman–Crippen LogP) is 2.54. The third-order valence-corrected chi connectivity index (χ3v) is 2.97. The Morgan fingerprint density at radius 2 is 2.33 bits per heavy atom. The van der Waals surface area contributed by atoms with Gasteiger partial charge in [0.2, 0.25) is 0 Å². The van der Waals surface area contributed by atoms with Crippen molar-refractivity contribution in [1.29, 1.82) is 0 Å². The standard InChI is InChI=1S/C9H15IO2/c1-7-6-8(9(11)12-7)4-2-3-5-10/h7-8H,2-6H2,1H3/t7-,8+/m1/s1. The lowest BCUT2D eigenvalue weighted by atomic mass is 9.99. The van der Waals surface area contributed by atoms with Gasteiger partial charge in [-0.05, 0) is 30.6 Å². The molecule has 2 nitrogen and oxygen atoms in total. The molecule has 1 aliphatic heterocycles. The number of esters is 1. The van der Waals surface area contributed by atoms with Crippen molar-refractivity contribution in [2.45, 2.75) is 38.7 Å². The molecular formula is C9H15IO2. The van der Waals surface area contributed by atoms with Gasteiger partial charge in [-0.1, -0.05) is 29.0 Å². The first kappa shape index (κ1) is 10.3. The fraction of sp³-hybridized carbons (Fsp3) is 0.889. The number of carbonyl (C=O) groups excluding carboxylic acids is 1. The zero-order chi connectivity index (χ0) is 8.97. The lowest BCUT2D eigenvalue weighted by Gasteiger charge is -2.02. The molecule has 70 valence electrons. The highest BCUT2D eigenvalue weighted by molar-refractivity contribution is 14.1. The quantitative estimate of drug-likeness (QED) is 0.343. The van der Waals surface area contributed by atoms with E-state index in [1.807, 2.05) is 6.92 Å². The van der Waals surface area contributed by atoms with Crippen molar-refractivity contribution in [1.82, 2.24) is 0 Å². The molecule has 0 aromatic heterocycles. The third kappa shape index (κ3) is 2.92. The summed E-state index contributed by atoms with van der Waals surface area (Å²) in [5, 5.41) is 0. The van der Waals surface area contributed by atoms with Crippen LogP contribution in [0.5, 0.6) is 0 Å². The minimum absolute atomic E-state index is 0.0240. The van der Waals surface area contributed by atoms with E-state index in [1.165, 1.54) is 10.8 Å². The van der Waals surface area contributed by atoms with E-state index in [2.05, 4.69) is 22.6 Å². The number of hydrogen-bond donors (Lipinski definition) is 0. The molecule has 1 fully saturated rings. The van der Waals surface area contributed by atoms with Crippen LogP contribution >= 0.6 is 22.6 Å². The zero-order valence-corrected chi connectivity index (χ0v) is 9.54. The Kier molecular flexibility index (Phi) is 4.32. The van der Waals surface area contributed by atoms with Crippen LogP contribution in [-0.4, -0.2) is 16.5 Å². The Morgan fingerprint density at radius 3 is 2.83 bits per heavy atom. The Labute approximate surface area is 87.2 Å². The van der Waals surface area contributed by atoms with Crippen molar-refractivity contribution in [2.75, 3.05) is 4.43 Å². The molecule has 0 spiro atoms. The van der Waals surface area contributed by atoms with E-state index in [0.717, 1.165) is 19.3 Å². The lowest BCUT2D eigenvalue weighted by molar-refractivity contribution is -0.143. The van der Waals surface area contributed by atoms with Gasteiger partial charge in [0.1, 0.15) is 0 Å². The molecule has 2 atom stereocenters. The number of cyclic esters (lactones) is 1. The van der Waals surface area contributed by atoms with Gasteiger partial charge in [-0.3, -0.25) is 4.79 Å². The average molecular weight is 282 g/mol. The van der Waals surface area contributed by atoms with Crippen molar-refractivity contribution in [3.8, 4) is 0 Å². The minimum Gasteiger partial charge on any atom is -0.462 e. The summed E-state index contributed by atoms with van der Waals surface area (Å²) >= 11 is 2.37. The second-order valence-corrected chi connectivity index (χ2v) is 4.44. The van der Waals surface area contributed by atoms with Crippen LogP contribution in [0.2, 0.25) is 0 Å². The summed E-state index contributed by atoms with van der Waals surface area (Å²) in [7, 11) is 0. The number of ether oxygens (including phenoxy) is 1. The van der Waals surface area contributed by atoms with Crippen LogP contribution in [-0.2, 0) is 9.53 Å². The normalized spacial score (nSPS) is 29.0. The highest BCUT2D eigenvalue weighted by Crippen LogP contribution is 2.25. The number of unbranched alkanes of at least 4 members (excludes halogenated alkanes) is 1. The van der Waals surface area contributed by atoms with Gasteiger partial charge in [0.05, 0.1) is 12.0 Å². The fourth-order valence-electron chi connectivity index (χ4n) is 1.56. The largest absolute Gasteiger partial charge is 0.462 e. The van der Waals surface area contributed by atoms with E-state index in [0.29, 0.717) is 0 Å². The van der Waals surface area contributed by atoms with Gasteiger partial charge in [0.25, 0.3) is 0 Å². The highest BCUT2D eigenvalue weighted by atomic mass is 127. The van der Waals surface area contributed by atoms with E-state index < -0.39 is 0 Å². The van der Waals surface area contributed by atoms with Gasteiger partial charge in [0.15, 0.2) is 0 Å². The number of halogens is 1. The smallest absolute Gasteiger partial charge is 0.309 e. The van der Waals surface area contributed by atoms with Crippen LogP contribution in [0.1, 0.15) is 32.6 Å². The maximum atomic E-state index is 11.2. The first-order chi connectivity index (χ1) is 5.74. The first-order valence-corrected chi connectivity index (χ1v) is 6.03. The Balaban J connectivity index is 2.19. The van der Waals surface area contributed by atoms with Crippen molar-refractivity contribution < 1.29 is 9.53 Å². The molecule has 1 aliphatic rings. The zero-order valence-electron chi connectivity index (χ0n) is 7.38. The SMILES string of the molecule is C[C@@H]1C[C@H](CCCCI)C(=O)O1. The van der Waals surface area contributed by atoms with E-state index in [-0.39, 0.29) is 18.0 Å². The van der Waals surface area contributed by atoms with Gasteiger partial charge in [-0.25, -0.2) is 0 Å². The number of rotatable bonds is 4. The van der Waals surface area contributed by atoms with Crippen molar-refractivity contribution in [2.24, 2.45) is 5.92 Å². The Hall–Kier alpha value is 0.200. The molecule has 0 N–H and O–H groups in total. The summed E-state index contributed by atoms with van der Waals surface area (Å²) in [6, 6.07) is 0. The van der Waals surface area contributed by atoms with E-state index in [1.54, 1.807) is 0 Å². The predicted molar refractivity (Wildman–Crippen MR) is 56.4 cm³/mol. The highest BCUT2D eigenvalue weighted by Gasteiger charge is 2.30. The van der Waals surface area contributed by atoms with Gasteiger partial charge < -0.3 is 4.74 Å². The average Bonchev–Trinajstić information content (AvgIpc) is 2.31. The second-order valence-electron chi connectivity index (χ2n) is 3.36. The number of hydrogen-bond acceptors (Lipinski definition) is 2. The molecule has 0 aromatic rings. The van der Waals surface area contributed by atoms with Crippen LogP contribution in [0, 0.1) is 5.92 Å². The van der Waals surface area contributed by atoms with Crippen molar-refractivity contribution in [3.05, 3.63) is 0 Å². The summed E-state index contributed by atoms with van der Waals surface area (Å²) in [6.07, 6.45) is 4.49. The molecule has 0 aromatic carbocycles. The minimum atomic E-state index is 0.0240. The van der Waals surface area contributed by atoms with Crippen LogP contribution in [0.4, 0.5) is 0 Å². The lowest BCUT2D eigenvalue weighted by Crippen LogP contribution is -2.07. The topological polar surface area (TPSA) is 26.3 Å². The van der Waals surface area contributed by atoms with Gasteiger partial charge >= 0.3 is 5.97 Å². The molecule has 0 radical (unpaired) electrons. The summed E-state index contributed by atoms with van der Waals surface area (Å²) < 4.78 is 6.25. The summed E-state index contributed by atoms with van der Waals surface area (Å²) in [5.41, 5.74) is 0. The molecule has 3 heteroatoms. The van der Waals surface area contributed by atoms with E-state index >= 15 is 0 Å². The molecule has 0 amide bonds. The Bertz CT molecular complexity index is 159. The Morgan fingerprint density at radius 1 is 1.58 bits per heavy atom. The van der Waals surface area contributed by atoms with Crippen LogP contribution < -0.4 is 0 Å². The molecule has 12 heavy (non-hydrogen) atoms. The van der Waals surface area contributed by atoms with Crippen molar-refractivity contribution >= 4 is 28.6 Å². The van der Waals surface area contributed by atoms with Gasteiger partial charge in [-0.2, -0.15) is 0 Å². The van der Waals surface area contributed by atoms with E-state index in [4.69, 9.17) is 4.74 Å². The van der Waals surface area contributed by atoms with Crippen LogP contribution in [0.25, 0.3) is 0 Å². The summed E-state index contributed by atoms with van der Waals surface area (Å²) in [4.78, 5) is 11.2. The molecule has 0 unspecified atom stereocenters.